The van der Waals surface area contributed by atoms with Crippen LogP contribution >= 0.6 is 0 Å². The van der Waals surface area contributed by atoms with E-state index in [4.69, 9.17) is 14.2 Å². The molecule has 0 spiro atoms. The van der Waals surface area contributed by atoms with Crippen molar-refractivity contribution in [1.29, 1.82) is 0 Å². The first-order valence-electron chi connectivity index (χ1n) is 12.9. The first kappa shape index (κ1) is 26.0. The van der Waals surface area contributed by atoms with Crippen LogP contribution in [0.1, 0.15) is 31.9 Å². The van der Waals surface area contributed by atoms with Gasteiger partial charge in [0.05, 0.1) is 12.6 Å². The molecule has 2 amide bonds. The fourth-order valence-corrected chi connectivity index (χ4v) is 4.52. The zero-order valence-electron chi connectivity index (χ0n) is 22.2. The molecule has 1 N–H and O–H groups in total. The molecule has 1 aliphatic rings. The SMILES string of the molecule is COc1cccc([C@@H](C(=O)NCCC(C)C)N(C(=O)Cn2nnc3ccccc32)c2ccc3c(c2)OCO3)c1. The number of carbonyl (C=O) groups is 2. The van der Waals surface area contributed by atoms with E-state index >= 15 is 0 Å². The molecule has 1 aromatic heterocycles. The van der Waals surface area contributed by atoms with Gasteiger partial charge in [-0.25, -0.2) is 4.68 Å². The maximum Gasteiger partial charge on any atom is 0.249 e. The van der Waals surface area contributed by atoms with Gasteiger partial charge in [-0.05, 0) is 54.3 Å². The van der Waals surface area contributed by atoms with Gasteiger partial charge in [-0.15, -0.1) is 5.10 Å². The molecule has 3 aromatic carbocycles. The van der Waals surface area contributed by atoms with Gasteiger partial charge in [-0.3, -0.25) is 14.5 Å². The summed E-state index contributed by atoms with van der Waals surface area (Å²) in [6.45, 7) is 4.63. The molecule has 0 saturated heterocycles. The Morgan fingerprint density at radius 1 is 1.05 bits per heavy atom. The number of para-hydroxylation sites is 1. The predicted octanol–water partition coefficient (Wildman–Crippen LogP) is 4.11. The lowest BCUT2D eigenvalue weighted by Gasteiger charge is -2.32. The largest absolute Gasteiger partial charge is 0.497 e. The van der Waals surface area contributed by atoms with Crippen LogP contribution in [0.5, 0.6) is 17.2 Å². The van der Waals surface area contributed by atoms with E-state index in [1.54, 1.807) is 43.5 Å². The van der Waals surface area contributed by atoms with Crippen molar-refractivity contribution in [3.8, 4) is 17.2 Å². The molecule has 0 bridgehead atoms. The lowest BCUT2D eigenvalue weighted by molar-refractivity contribution is -0.127. The maximum absolute atomic E-state index is 14.2. The molecule has 2 heterocycles. The Kier molecular flexibility index (Phi) is 7.62. The average molecular weight is 530 g/mol. The van der Waals surface area contributed by atoms with Crippen molar-refractivity contribution in [3.63, 3.8) is 0 Å². The minimum atomic E-state index is -0.991. The van der Waals surface area contributed by atoms with Crippen molar-refractivity contribution < 1.29 is 23.8 Å². The molecule has 0 saturated carbocycles. The Bertz CT molecular complexity index is 1480. The molecule has 202 valence electrons. The van der Waals surface area contributed by atoms with Gasteiger partial charge in [0.25, 0.3) is 0 Å². The second-order valence-corrected chi connectivity index (χ2v) is 9.69. The molecule has 10 heteroatoms. The van der Waals surface area contributed by atoms with Crippen LogP contribution in [0.4, 0.5) is 5.69 Å². The molecule has 0 unspecified atom stereocenters. The fourth-order valence-electron chi connectivity index (χ4n) is 4.52. The minimum Gasteiger partial charge on any atom is -0.497 e. The molecular weight excluding hydrogens is 498 g/mol. The highest BCUT2D eigenvalue weighted by molar-refractivity contribution is 6.01. The quantitative estimate of drug-likeness (QED) is 0.329. The molecule has 1 aliphatic heterocycles. The van der Waals surface area contributed by atoms with E-state index in [0.717, 1.165) is 11.9 Å². The number of anilines is 1. The summed E-state index contributed by atoms with van der Waals surface area (Å²) < 4.78 is 18.1. The van der Waals surface area contributed by atoms with E-state index < -0.39 is 6.04 Å². The average Bonchev–Trinajstić information content (AvgIpc) is 3.58. The van der Waals surface area contributed by atoms with Crippen molar-refractivity contribution in [3.05, 3.63) is 72.3 Å². The number of carbonyl (C=O) groups excluding carboxylic acids is 2. The fraction of sp³-hybridized carbons (Fsp3) is 0.310. The number of rotatable bonds is 10. The summed E-state index contributed by atoms with van der Waals surface area (Å²) >= 11 is 0. The first-order chi connectivity index (χ1) is 18.9. The Labute approximate surface area is 226 Å². The van der Waals surface area contributed by atoms with Gasteiger partial charge in [0.2, 0.25) is 18.6 Å². The third kappa shape index (κ3) is 5.64. The summed E-state index contributed by atoms with van der Waals surface area (Å²) in [6.07, 6.45) is 0.805. The van der Waals surface area contributed by atoms with Gasteiger partial charge in [0, 0.05) is 18.3 Å². The van der Waals surface area contributed by atoms with Crippen molar-refractivity contribution in [2.45, 2.75) is 32.9 Å². The number of hydrogen-bond donors (Lipinski definition) is 1. The lowest BCUT2D eigenvalue weighted by atomic mass is 10.0. The molecule has 0 fully saturated rings. The minimum absolute atomic E-state index is 0.0900. The highest BCUT2D eigenvalue weighted by Gasteiger charge is 2.34. The van der Waals surface area contributed by atoms with Gasteiger partial charge in [-0.1, -0.05) is 43.3 Å². The number of hydrogen-bond acceptors (Lipinski definition) is 7. The van der Waals surface area contributed by atoms with E-state index in [1.165, 1.54) is 9.58 Å². The van der Waals surface area contributed by atoms with Crippen LogP contribution in [0.15, 0.2) is 66.7 Å². The molecule has 0 aliphatic carbocycles. The van der Waals surface area contributed by atoms with Crippen LogP contribution in [0.3, 0.4) is 0 Å². The number of nitrogens with one attached hydrogen (secondary N) is 1. The van der Waals surface area contributed by atoms with Crippen molar-refractivity contribution >= 4 is 28.5 Å². The molecular formula is C29H31N5O5. The third-order valence-corrected chi connectivity index (χ3v) is 6.55. The standard InChI is InChI=1S/C29H31N5O5/c1-19(2)13-14-30-29(36)28(20-7-6-8-22(15-20)37-3)34(21-11-12-25-26(16-21)39-18-38-25)27(35)17-33-24-10-5-4-9-23(24)31-32-33/h4-12,15-16,19,28H,13-14,17-18H2,1-3H3,(H,30,36)/t28-/m0/s1. The summed E-state index contributed by atoms with van der Waals surface area (Å²) in [4.78, 5) is 29.5. The Hall–Kier alpha value is -4.60. The summed E-state index contributed by atoms with van der Waals surface area (Å²) in [5.41, 5.74) is 2.48. The van der Waals surface area contributed by atoms with Crippen LogP contribution in [0, 0.1) is 5.92 Å². The highest BCUT2D eigenvalue weighted by atomic mass is 16.7. The molecule has 0 radical (unpaired) electrons. The van der Waals surface area contributed by atoms with Crippen LogP contribution in [-0.4, -0.2) is 47.3 Å². The van der Waals surface area contributed by atoms with E-state index in [9.17, 15) is 9.59 Å². The van der Waals surface area contributed by atoms with E-state index in [0.29, 0.717) is 46.5 Å². The Balaban J connectivity index is 1.58. The van der Waals surface area contributed by atoms with Gasteiger partial charge in [-0.2, -0.15) is 0 Å². The van der Waals surface area contributed by atoms with Gasteiger partial charge in [0.15, 0.2) is 11.5 Å². The number of ether oxygens (including phenoxy) is 3. The van der Waals surface area contributed by atoms with Crippen molar-refractivity contribution in [2.24, 2.45) is 5.92 Å². The van der Waals surface area contributed by atoms with Crippen LogP contribution in [-0.2, 0) is 16.1 Å². The van der Waals surface area contributed by atoms with Gasteiger partial charge in [0.1, 0.15) is 23.9 Å². The van der Waals surface area contributed by atoms with Gasteiger partial charge >= 0.3 is 0 Å². The predicted molar refractivity (Wildman–Crippen MR) is 146 cm³/mol. The second kappa shape index (κ2) is 11.4. The van der Waals surface area contributed by atoms with Crippen LogP contribution in [0.2, 0.25) is 0 Å². The van der Waals surface area contributed by atoms with Crippen LogP contribution < -0.4 is 24.4 Å². The second-order valence-electron chi connectivity index (χ2n) is 9.69. The molecule has 4 aromatic rings. The monoisotopic (exact) mass is 529 g/mol. The topological polar surface area (TPSA) is 108 Å². The zero-order chi connectivity index (χ0) is 27.4. The van der Waals surface area contributed by atoms with Gasteiger partial charge < -0.3 is 19.5 Å². The molecule has 5 rings (SSSR count). The number of methoxy groups -OCH3 is 1. The smallest absolute Gasteiger partial charge is 0.249 e. The summed E-state index contributed by atoms with van der Waals surface area (Å²) in [5.74, 6) is 1.41. The summed E-state index contributed by atoms with van der Waals surface area (Å²) in [5, 5.41) is 11.4. The molecule has 1 atom stereocenters. The summed E-state index contributed by atoms with van der Waals surface area (Å²) in [7, 11) is 1.56. The number of aromatic nitrogens is 3. The van der Waals surface area contributed by atoms with E-state index in [-0.39, 0.29) is 25.2 Å². The first-order valence-corrected chi connectivity index (χ1v) is 12.9. The van der Waals surface area contributed by atoms with E-state index in [1.807, 2.05) is 30.3 Å². The van der Waals surface area contributed by atoms with Crippen molar-refractivity contribution in [1.82, 2.24) is 20.3 Å². The normalized spacial score (nSPS) is 12.9. The summed E-state index contributed by atoms with van der Waals surface area (Å²) in [6, 6.07) is 18.8. The van der Waals surface area contributed by atoms with Crippen molar-refractivity contribution in [2.75, 3.05) is 25.3 Å². The van der Waals surface area contributed by atoms with E-state index in [2.05, 4.69) is 29.5 Å². The number of nitrogens with zero attached hydrogens (tertiary/aromatic N) is 4. The Morgan fingerprint density at radius 2 is 1.87 bits per heavy atom. The number of amides is 2. The molecule has 10 nitrogen and oxygen atoms in total. The maximum atomic E-state index is 14.2. The van der Waals surface area contributed by atoms with Crippen LogP contribution in [0.25, 0.3) is 11.0 Å². The number of benzene rings is 3. The highest BCUT2D eigenvalue weighted by Crippen LogP contribution is 2.38. The molecule has 39 heavy (non-hydrogen) atoms. The Morgan fingerprint density at radius 3 is 2.69 bits per heavy atom. The zero-order valence-corrected chi connectivity index (χ0v) is 22.2. The number of fused-ring (bicyclic) bond motifs is 2. The lowest BCUT2D eigenvalue weighted by Crippen LogP contribution is -2.45. The third-order valence-electron chi connectivity index (χ3n) is 6.55.